The van der Waals surface area contributed by atoms with Crippen LogP contribution in [0.3, 0.4) is 0 Å². The zero-order valence-electron chi connectivity index (χ0n) is 15.6. The lowest BCUT2D eigenvalue weighted by Gasteiger charge is -2.26. The molecule has 1 N–H and O–H groups in total. The molecule has 0 bridgehead atoms. The summed E-state index contributed by atoms with van der Waals surface area (Å²) in [7, 11) is 0. The molecule has 3 aromatic rings. The number of benzene rings is 1. The Labute approximate surface area is 173 Å². The van der Waals surface area contributed by atoms with Crippen molar-refractivity contribution < 1.29 is 4.79 Å². The second-order valence-electron chi connectivity index (χ2n) is 7.16. The minimum atomic E-state index is -0.0847. The second kappa shape index (κ2) is 8.90. The van der Waals surface area contributed by atoms with Crippen LogP contribution in [0.5, 0.6) is 0 Å². The van der Waals surface area contributed by atoms with Crippen LogP contribution in [-0.4, -0.2) is 33.7 Å². The van der Waals surface area contributed by atoms with Gasteiger partial charge in [-0.15, -0.1) is 11.3 Å². The van der Waals surface area contributed by atoms with Gasteiger partial charge in [-0.1, -0.05) is 30.2 Å². The fourth-order valence-electron chi connectivity index (χ4n) is 3.45. The van der Waals surface area contributed by atoms with E-state index >= 15 is 0 Å². The molecule has 0 saturated carbocycles. The average molecular weight is 415 g/mol. The summed E-state index contributed by atoms with van der Waals surface area (Å²) in [4.78, 5) is 15.7. The number of piperidine rings is 1. The van der Waals surface area contributed by atoms with Crippen LogP contribution < -0.4 is 5.32 Å². The molecule has 0 aliphatic carbocycles. The van der Waals surface area contributed by atoms with Crippen molar-refractivity contribution in [1.29, 1.82) is 0 Å². The number of thiophene rings is 1. The van der Waals surface area contributed by atoms with Crippen LogP contribution in [0.25, 0.3) is 0 Å². The zero-order valence-corrected chi connectivity index (χ0v) is 17.2. The van der Waals surface area contributed by atoms with Gasteiger partial charge in [0.05, 0.1) is 22.6 Å². The highest BCUT2D eigenvalue weighted by atomic mass is 35.5. The molecule has 0 radical (unpaired) electrons. The molecule has 4 rings (SSSR count). The third-order valence-electron chi connectivity index (χ3n) is 4.89. The molecule has 1 aliphatic heterocycles. The first kappa shape index (κ1) is 19.2. The van der Waals surface area contributed by atoms with Crippen LogP contribution in [0.2, 0.25) is 5.02 Å². The van der Waals surface area contributed by atoms with E-state index in [1.165, 1.54) is 49.3 Å². The first-order chi connectivity index (χ1) is 13.7. The van der Waals surface area contributed by atoms with Gasteiger partial charge in [0.25, 0.3) is 5.91 Å². The van der Waals surface area contributed by atoms with Crippen LogP contribution in [0.1, 0.15) is 40.1 Å². The number of halogens is 1. The zero-order chi connectivity index (χ0) is 19.3. The highest BCUT2D eigenvalue weighted by Crippen LogP contribution is 2.20. The second-order valence-corrected chi connectivity index (χ2v) is 8.51. The predicted molar refractivity (Wildman–Crippen MR) is 114 cm³/mol. The van der Waals surface area contributed by atoms with Crippen LogP contribution in [0.4, 0.5) is 5.69 Å². The lowest BCUT2D eigenvalue weighted by molar-refractivity contribution is 0.103. The number of nitrogens with one attached hydrogen (secondary N) is 1. The normalized spacial score (nSPS) is 14.9. The maximum Gasteiger partial charge on any atom is 0.265 e. The van der Waals surface area contributed by atoms with Crippen molar-refractivity contribution in [2.24, 2.45) is 0 Å². The van der Waals surface area contributed by atoms with Gasteiger partial charge in [-0.2, -0.15) is 5.10 Å². The Hall–Kier alpha value is -2.15. The Bertz CT molecular complexity index is 928. The summed E-state index contributed by atoms with van der Waals surface area (Å²) < 4.78 is 1.76. The summed E-state index contributed by atoms with van der Waals surface area (Å²) >= 11 is 7.33. The Morgan fingerprint density at radius 2 is 1.89 bits per heavy atom. The molecule has 5 nitrogen and oxygen atoms in total. The molecule has 1 amide bonds. The van der Waals surface area contributed by atoms with Gasteiger partial charge in [0.2, 0.25) is 0 Å². The fourth-order valence-corrected chi connectivity index (χ4v) is 4.41. The van der Waals surface area contributed by atoms with E-state index in [1.807, 2.05) is 23.6 Å². The third kappa shape index (κ3) is 5.01. The first-order valence-corrected chi connectivity index (χ1v) is 10.8. The molecule has 0 atom stereocenters. The molecule has 0 spiro atoms. The van der Waals surface area contributed by atoms with Gasteiger partial charge in [-0.3, -0.25) is 14.4 Å². The highest BCUT2D eigenvalue weighted by molar-refractivity contribution is 7.12. The van der Waals surface area contributed by atoms with Crippen LogP contribution in [-0.2, 0) is 13.1 Å². The molecule has 1 aromatic carbocycles. The average Bonchev–Trinajstić information content (AvgIpc) is 3.33. The molecular formula is C21H23ClN4OS. The smallest absolute Gasteiger partial charge is 0.265 e. The molecular weight excluding hydrogens is 392 g/mol. The number of nitrogens with zero attached hydrogens (tertiary/aromatic N) is 3. The molecule has 1 aliphatic rings. The number of hydrogen-bond acceptors (Lipinski definition) is 4. The van der Waals surface area contributed by atoms with Gasteiger partial charge in [0.15, 0.2) is 0 Å². The van der Waals surface area contributed by atoms with Gasteiger partial charge >= 0.3 is 0 Å². The van der Waals surface area contributed by atoms with Crippen LogP contribution in [0.15, 0.2) is 48.1 Å². The monoisotopic (exact) mass is 414 g/mol. The number of amides is 1. The minimum Gasteiger partial charge on any atom is -0.321 e. The van der Waals surface area contributed by atoms with Gasteiger partial charge in [0, 0.05) is 18.4 Å². The molecule has 1 saturated heterocycles. The van der Waals surface area contributed by atoms with E-state index in [2.05, 4.69) is 27.4 Å². The summed E-state index contributed by atoms with van der Waals surface area (Å²) in [5.74, 6) is -0.0847. The topological polar surface area (TPSA) is 50.2 Å². The van der Waals surface area contributed by atoms with E-state index in [-0.39, 0.29) is 5.91 Å². The number of rotatable bonds is 6. The van der Waals surface area contributed by atoms with Crippen LogP contribution in [0, 0.1) is 0 Å². The summed E-state index contributed by atoms with van der Waals surface area (Å²) in [6.45, 7) is 3.95. The van der Waals surface area contributed by atoms with E-state index in [4.69, 9.17) is 11.6 Å². The van der Waals surface area contributed by atoms with Crippen molar-refractivity contribution in [2.75, 3.05) is 18.4 Å². The Kier molecular flexibility index (Phi) is 6.10. The Morgan fingerprint density at radius 1 is 1.11 bits per heavy atom. The highest BCUT2D eigenvalue weighted by Gasteiger charge is 2.12. The third-order valence-corrected chi connectivity index (χ3v) is 6.06. The summed E-state index contributed by atoms with van der Waals surface area (Å²) in [6, 6.07) is 10.1. The minimum absolute atomic E-state index is 0.0847. The fraction of sp³-hybridized carbons (Fsp3) is 0.333. The Morgan fingerprint density at radius 3 is 2.61 bits per heavy atom. The summed E-state index contributed by atoms with van der Waals surface area (Å²) in [6.07, 6.45) is 7.32. The van der Waals surface area contributed by atoms with E-state index in [0.717, 1.165) is 17.8 Å². The van der Waals surface area contributed by atoms with E-state index < -0.39 is 0 Å². The van der Waals surface area contributed by atoms with Crippen molar-refractivity contribution in [2.45, 2.75) is 32.4 Å². The maximum atomic E-state index is 12.5. The van der Waals surface area contributed by atoms with E-state index in [1.54, 1.807) is 17.1 Å². The molecule has 2 aromatic heterocycles. The number of aromatic nitrogens is 2. The SMILES string of the molecule is O=C(Nc1ccc(CN2CCCCC2)cc1)c1cc(Cn2cc(Cl)cn2)cs1. The molecule has 3 heterocycles. The van der Waals surface area contributed by atoms with Gasteiger partial charge in [0.1, 0.15) is 0 Å². The Balaban J connectivity index is 1.33. The largest absolute Gasteiger partial charge is 0.321 e. The first-order valence-electron chi connectivity index (χ1n) is 9.54. The number of carbonyl (C=O) groups excluding carboxylic acids is 1. The number of hydrogen-bond donors (Lipinski definition) is 1. The van der Waals surface area contributed by atoms with Crippen molar-refractivity contribution in [3.63, 3.8) is 0 Å². The van der Waals surface area contributed by atoms with Gasteiger partial charge in [-0.05, 0) is 60.6 Å². The molecule has 1 fully saturated rings. The standard InChI is InChI=1S/C21H23ClN4OS/c22-18-11-23-26(14-18)13-17-10-20(28-15-17)21(27)24-19-6-4-16(5-7-19)12-25-8-2-1-3-9-25/h4-7,10-11,14-15H,1-3,8-9,12-13H2,(H,24,27). The summed E-state index contributed by atoms with van der Waals surface area (Å²) in [5.41, 5.74) is 3.14. The number of likely N-dealkylation sites (tertiary alicyclic amines) is 1. The summed E-state index contributed by atoms with van der Waals surface area (Å²) in [5, 5.41) is 9.74. The van der Waals surface area contributed by atoms with Gasteiger partial charge in [-0.25, -0.2) is 0 Å². The molecule has 0 unspecified atom stereocenters. The molecule has 146 valence electrons. The van der Waals surface area contributed by atoms with Crippen molar-refractivity contribution in [1.82, 2.24) is 14.7 Å². The quantitative estimate of drug-likeness (QED) is 0.625. The molecule has 28 heavy (non-hydrogen) atoms. The van der Waals surface area contributed by atoms with Gasteiger partial charge < -0.3 is 5.32 Å². The number of carbonyl (C=O) groups is 1. The van der Waals surface area contributed by atoms with Crippen molar-refractivity contribution in [3.05, 3.63) is 69.1 Å². The lowest BCUT2D eigenvalue weighted by Crippen LogP contribution is -2.29. The lowest BCUT2D eigenvalue weighted by atomic mass is 10.1. The van der Waals surface area contributed by atoms with Crippen molar-refractivity contribution in [3.8, 4) is 0 Å². The maximum absolute atomic E-state index is 12.5. The number of anilines is 1. The molecule has 7 heteroatoms. The van der Waals surface area contributed by atoms with Crippen molar-refractivity contribution >= 4 is 34.5 Å². The van der Waals surface area contributed by atoms with E-state index in [9.17, 15) is 4.79 Å². The predicted octanol–water partition coefficient (Wildman–Crippen LogP) is 4.88. The van der Waals surface area contributed by atoms with Crippen LogP contribution >= 0.6 is 22.9 Å². The van der Waals surface area contributed by atoms with E-state index in [0.29, 0.717) is 16.4 Å².